The minimum atomic E-state index is -4.55. The lowest BCUT2D eigenvalue weighted by molar-refractivity contribution is -0.137. The molecule has 0 aliphatic carbocycles. The molecule has 0 radical (unpaired) electrons. The number of carbonyl (C=O) groups excluding carboxylic acids is 1. The summed E-state index contributed by atoms with van der Waals surface area (Å²) in [7, 11) is 0. The highest BCUT2D eigenvalue weighted by Crippen LogP contribution is 2.36. The molecule has 150 valence electrons. The van der Waals surface area contributed by atoms with Gasteiger partial charge in [0, 0.05) is 13.1 Å². The Morgan fingerprint density at radius 3 is 2.45 bits per heavy atom. The van der Waals surface area contributed by atoms with Crippen LogP contribution in [0.3, 0.4) is 0 Å². The van der Waals surface area contributed by atoms with E-state index in [1.165, 1.54) is 12.1 Å². The number of alkyl halides is 3. The number of halogens is 3. The van der Waals surface area contributed by atoms with Crippen LogP contribution in [-0.2, 0) is 15.7 Å². The highest BCUT2D eigenvalue weighted by atomic mass is 19.4. The maximum atomic E-state index is 13.2. The smallest absolute Gasteiger partial charge is 0.378 e. The third-order valence-electron chi connectivity index (χ3n) is 4.40. The first-order valence-electron chi connectivity index (χ1n) is 8.90. The number of rotatable bonds is 4. The summed E-state index contributed by atoms with van der Waals surface area (Å²) in [5, 5.41) is 11.8. The molecule has 1 aliphatic heterocycles. The van der Waals surface area contributed by atoms with E-state index in [0.717, 1.165) is 12.1 Å². The zero-order valence-electron chi connectivity index (χ0n) is 15.4. The van der Waals surface area contributed by atoms with Crippen molar-refractivity contribution in [3.63, 3.8) is 0 Å². The number of carbonyl (C=O) groups is 1. The molecule has 0 spiro atoms. The van der Waals surface area contributed by atoms with Gasteiger partial charge in [0.15, 0.2) is 0 Å². The molecular formula is C21H18F3N3O2. The van der Waals surface area contributed by atoms with Crippen LogP contribution in [0.1, 0.15) is 11.1 Å². The molecule has 1 fully saturated rings. The molecule has 1 N–H and O–H groups in total. The number of nitriles is 1. The van der Waals surface area contributed by atoms with Crippen LogP contribution in [-0.4, -0.2) is 32.2 Å². The van der Waals surface area contributed by atoms with E-state index in [9.17, 15) is 23.2 Å². The standard InChI is InChI=1S/C21H18F3N3O2/c22-21(23,24)17-6-7-19(27-8-10-29-11-9-27)18(13-17)26-20(28)16(14-25)12-15-4-2-1-3-5-15/h1-7,12-13H,8-11H2,(H,26,28). The predicted octanol–water partition coefficient (Wildman–Crippen LogP) is 4.09. The third kappa shape index (κ3) is 5.15. The van der Waals surface area contributed by atoms with Crippen LogP contribution in [0.4, 0.5) is 24.5 Å². The van der Waals surface area contributed by atoms with Gasteiger partial charge in [0.2, 0.25) is 0 Å². The van der Waals surface area contributed by atoms with Crippen LogP contribution >= 0.6 is 0 Å². The zero-order chi connectivity index (χ0) is 20.9. The summed E-state index contributed by atoms with van der Waals surface area (Å²) in [4.78, 5) is 14.5. The molecule has 5 nitrogen and oxygen atoms in total. The van der Waals surface area contributed by atoms with Crippen molar-refractivity contribution in [2.24, 2.45) is 0 Å². The molecule has 0 saturated carbocycles. The van der Waals surface area contributed by atoms with Gasteiger partial charge in [-0.3, -0.25) is 4.79 Å². The van der Waals surface area contributed by atoms with Gasteiger partial charge in [0.1, 0.15) is 11.6 Å². The first-order chi connectivity index (χ1) is 13.9. The lowest BCUT2D eigenvalue weighted by atomic mass is 10.1. The van der Waals surface area contributed by atoms with Gasteiger partial charge in [0.25, 0.3) is 5.91 Å². The Labute approximate surface area is 166 Å². The van der Waals surface area contributed by atoms with Gasteiger partial charge in [-0.15, -0.1) is 0 Å². The minimum absolute atomic E-state index is 0.000867. The van der Waals surface area contributed by atoms with Crippen LogP contribution in [0.15, 0.2) is 54.1 Å². The van der Waals surface area contributed by atoms with Crippen LogP contribution in [0.25, 0.3) is 6.08 Å². The SMILES string of the molecule is N#CC(=Cc1ccccc1)C(=O)Nc1cc(C(F)(F)F)ccc1N1CCOCC1. The summed E-state index contributed by atoms with van der Waals surface area (Å²) in [5.41, 5.74) is 0.00104. The topological polar surface area (TPSA) is 65.4 Å². The van der Waals surface area contributed by atoms with E-state index in [2.05, 4.69) is 5.32 Å². The predicted molar refractivity (Wildman–Crippen MR) is 103 cm³/mol. The van der Waals surface area contributed by atoms with Crippen molar-refractivity contribution in [3.8, 4) is 6.07 Å². The summed E-state index contributed by atoms with van der Waals surface area (Å²) in [6.07, 6.45) is -3.17. The average molecular weight is 401 g/mol. The van der Waals surface area contributed by atoms with Gasteiger partial charge in [-0.25, -0.2) is 0 Å². The van der Waals surface area contributed by atoms with Gasteiger partial charge < -0.3 is 15.0 Å². The Balaban J connectivity index is 1.93. The molecule has 0 bridgehead atoms. The first-order valence-corrected chi connectivity index (χ1v) is 8.90. The van der Waals surface area contributed by atoms with Crippen LogP contribution < -0.4 is 10.2 Å². The summed E-state index contributed by atoms with van der Waals surface area (Å²) < 4.78 is 44.8. The number of nitrogens with zero attached hydrogens (tertiary/aromatic N) is 2. The van der Waals surface area contributed by atoms with E-state index in [-0.39, 0.29) is 11.3 Å². The fraction of sp³-hybridized carbons (Fsp3) is 0.238. The molecule has 0 unspecified atom stereocenters. The van der Waals surface area contributed by atoms with E-state index in [1.54, 1.807) is 30.3 Å². The van der Waals surface area contributed by atoms with Gasteiger partial charge in [-0.2, -0.15) is 18.4 Å². The normalized spacial score (nSPS) is 15.0. The molecule has 2 aromatic rings. The van der Waals surface area contributed by atoms with Crippen molar-refractivity contribution in [2.45, 2.75) is 6.18 Å². The molecule has 3 rings (SSSR count). The highest BCUT2D eigenvalue weighted by molar-refractivity contribution is 6.11. The minimum Gasteiger partial charge on any atom is -0.378 e. The summed E-state index contributed by atoms with van der Waals surface area (Å²) in [5.74, 6) is -0.773. The molecule has 1 saturated heterocycles. The van der Waals surface area contributed by atoms with Crippen molar-refractivity contribution in [1.82, 2.24) is 0 Å². The average Bonchev–Trinajstić information content (AvgIpc) is 2.72. The van der Waals surface area contributed by atoms with E-state index < -0.39 is 17.6 Å². The van der Waals surface area contributed by atoms with Crippen LogP contribution in [0.2, 0.25) is 0 Å². The fourth-order valence-corrected chi connectivity index (χ4v) is 2.95. The van der Waals surface area contributed by atoms with Crippen LogP contribution in [0, 0.1) is 11.3 Å². The Morgan fingerprint density at radius 1 is 1.14 bits per heavy atom. The first kappa shape index (κ1) is 20.4. The maximum Gasteiger partial charge on any atom is 0.416 e. The second-order valence-electron chi connectivity index (χ2n) is 6.36. The molecule has 1 heterocycles. The molecule has 1 amide bonds. The van der Waals surface area contributed by atoms with Crippen molar-refractivity contribution in [1.29, 1.82) is 5.26 Å². The summed E-state index contributed by atoms with van der Waals surface area (Å²) in [6, 6.07) is 13.7. The molecule has 29 heavy (non-hydrogen) atoms. The van der Waals surface area contributed by atoms with Gasteiger partial charge >= 0.3 is 6.18 Å². The number of amides is 1. The third-order valence-corrected chi connectivity index (χ3v) is 4.40. The highest BCUT2D eigenvalue weighted by Gasteiger charge is 2.32. The van der Waals surface area contributed by atoms with Crippen molar-refractivity contribution < 1.29 is 22.7 Å². The zero-order valence-corrected chi connectivity index (χ0v) is 15.4. The second kappa shape index (κ2) is 8.80. The summed E-state index contributed by atoms with van der Waals surface area (Å²) in [6.45, 7) is 1.84. The quantitative estimate of drug-likeness (QED) is 0.619. The Hall–Kier alpha value is -3.31. The number of ether oxygens (including phenoxy) is 1. The van der Waals surface area contributed by atoms with Crippen molar-refractivity contribution in [3.05, 3.63) is 65.2 Å². The number of hydrogen-bond acceptors (Lipinski definition) is 4. The maximum absolute atomic E-state index is 13.2. The second-order valence-corrected chi connectivity index (χ2v) is 6.36. The molecular weight excluding hydrogens is 383 g/mol. The Morgan fingerprint density at radius 2 is 1.83 bits per heavy atom. The van der Waals surface area contributed by atoms with Crippen molar-refractivity contribution >= 4 is 23.4 Å². The fourth-order valence-electron chi connectivity index (χ4n) is 2.95. The number of nitrogens with one attached hydrogen (secondary N) is 1. The molecule has 0 aromatic heterocycles. The van der Waals surface area contributed by atoms with Gasteiger partial charge in [-0.05, 0) is 29.8 Å². The van der Waals surface area contributed by atoms with Gasteiger partial charge in [-0.1, -0.05) is 30.3 Å². The molecule has 1 aliphatic rings. The Kier molecular flexibility index (Phi) is 6.20. The van der Waals surface area contributed by atoms with Crippen molar-refractivity contribution in [2.75, 3.05) is 36.5 Å². The van der Waals surface area contributed by atoms with Crippen LogP contribution in [0.5, 0.6) is 0 Å². The number of morpholine rings is 1. The van der Waals surface area contributed by atoms with E-state index in [4.69, 9.17) is 4.74 Å². The lowest BCUT2D eigenvalue weighted by Gasteiger charge is -2.31. The largest absolute Gasteiger partial charge is 0.416 e. The number of benzene rings is 2. The number of hydrogen-bond donors (Lipinski definition) is 1. The van der Waals surface area contributed by atoms with Gasteiger partial charge in [0.05, 0.1) is 30.2 Å². The van der Waals surface area contributed by atoms with E-state index >= 15 is 0 Å². The monoisotopic (exact) mass is 401 g/mol. The number of anilines is 2. The summed E-state index contributed by atoms with van der Waals surface area (Å²) >= 11 is 0. The van der Waals surface area contributed by atoms with E-state index in [1.807, 2.05) is 11.0 Å². The molecule has 2 aromatic carbocycles. The molecule has 8 heteroatoms. The Bertz CT molecular complexity index is 944. The lowest BCUT2D eigenvalue weighted by Crippen LogP contribution is -2.37. The molecule has 0 atom stereocenters. The van der Waals surface area contributed by atoms with E-state index in [0.29, 0.717) is 37.6 Å².